The SMILES string of the molecule is O=C(CC(=O)c1ccc(C(=O)NOC2CCCCO2)cc1)c1ccccc1. The zero-order valence-electron chi connectivity index (χ0n) is 14.9. The number of rotatable bonds is 7. The highest BCUT2D eigenvalue weighted by molar-refractivity contribution is 6.13. The Morgan fingerprint density at radius 1 is 0.889 bits per heavy atom. The van der Waals surface area contributed by atoms with E-state index in [4.69, 9.17) is 9.57 Å². The smallest absolute Gasteiger partial charge is 0.274 e. The van der Waals surface area contributed by atoms with Crippen LogP contribution in [-0.4, -0.2) is 30.4 Å². The van der Waals surface area contributed by atoms with Crippen molar-refractivity contribution in [2.24, 2.45) is 0 Å². The highest BCUT2D eigenvalue weighted by Gasteiger charge is 2.17. The lowest BCUT2D eigenvalue weighted by Crippen LogP contribution is -2.33. The number of hydroxylamine groups is 1. The van der Waals surface area contributed by atoms with Crippen molar-refractivity contribution in [1.29, 1.82) is 0 Å². The molecule has 0 aromatic heterocycles. The molecule has 0 aliphatic carbocycles. The molecule has 0 bridgehead atoms. The monoisotopic (exact) mass is 367 g/mol. The van der Waals surface area contributed by atoms with E-state index in [0.29, 0.717) is 23.3 Å². The van der Waals surface area contributed by atoms with Crippen molar-refractivity contribution < 1.29 is 24.0 Å². The molecule has 140 valence electrons. The molecule has 2 aromatic rings. The molecule has 1 fully saturated rings. The van der Waals surface area contributed by atoms with Gasteiger partial charge < -0.3 is 4.74 Å². The summed E-state index contributed by atoms with van der Waals surface area (Å²) in [6, 6.07) is 14.8. The van der Waals surface area contributed by atoms with E-state index in [1.807, 2.05) is 6.07 Å². The van der Waals surface area contributed by atoms with E-state index in [9.17, 15) is 14.4 Å². The van der Waals surface area contributed by atoms with E-state index < -0.39 is 12.2 Å². The summed E-state index contributed by atoms with van der Waals surface area (Å²) >= 11 is 0. The van der Waals surface area contributed by atoms with E-state index >= 15 is 0 Å². The van der Waals surface area contributed by atoms with E-state index in [-0.39, 0.29) is 18.0 Å². The first-order chi connectivity index (χ1) is 13.1. The zero-order valence-corrected chi connectivity index (χ0v) is 14.9. The highest BCUT2D eigenvalue weighted by Crippen LogP contribution is 2.13. The summed E-state index contributed by atoms with van der Waals surface area (Å²) in [5.41, 5.74) is 3.61. The molecular formula is C21H21NO5. The van der Waals surface area contributed by atoms with Crippen LogP contribution in [0.4, 0.5) is 0 Å². The first kappa shape index (κ1) is 18.9. The van der Waals surface area contributed by atoms with E-state index in [0.717, 1.165) is 19.3 Å². The minimum Gasteiger partial charge on any atom is -0.350 e. The van der Waals surface area contributed by atoms with Crippen LogP contribution < -0.4 is 5.48 Å². The lowest BCUT2D eigenvalue weighted by molar-refractivity contribution is -0.186. The topological polar surface area (TPSA) is 81.7 Å². The Morgan fingerprint density at radius 3 is 2.15 bits per heavy atom. The van der Waals surface area contributed by atoms with Crippen molar-refractivity contribution >= 4 is 17.5 Å². The molecule has 6 nitrogen and oxygen atoms in total. The van der Waals surface area contributed by atoms with Crippen LogP contribution in [0.15, 0.2) is 54.6 Å². The zero-order chi connectivity index (χ0) is 19.1. The van der Waals surface area contributed by atoms with Gasteiger partial charge in [0.25, 0.3) is 5.91 Å². The van der Waals surface area contributed by atoms with Gasteiger partial charge in [0.05, 0.1) is 6.42 Å². The van der Waals surface area contributed by atoms with E-state index in [1.54, 1.807) is 24.3 Å². The van der Waals surface area contributed by atoms with Gasteiger partial charge in [0.1, 0.15) is 0 Å². The summed E-state index contributed by atoms with van der Waals surface area (Å²) in [5.74, 6) is -0.936. The molecule has 0 spiro atoms. The predicted octanol–water partition coefficient (Wildman–Crippen LogP) is 3.33. The Morgan fingerprint density at radius 2 is 1.52 bits per heavy atom. The Balaban J connectivity index is 1.53. The van der Waals surface area contributed by atoms with Gasteiger partial charge in [-0.3, -0.25) is 14.4 Å². The van der Waals surface area contributed by atoms with Gasteiger partial charge in [-0.25, -0.2) is 10.3 Å². The maximum absolute atomic E-state index is 12.3. The third-order valence-electron chi connectivity index (χ3n) is 4.31. The number of ketones is 2. The maximum Gasteiger partial charge on any atom is 0.274 e. The van der Waals surface area contributed by atoms with Gasteiger partial charge in [-0.2, -0.15) is 0 Å². The van der Waals surface area contributed by atoms with Crippen molar-refractivity contribution in [2.75, 3.05) is 6.61 Å². The number of hydrogen-bond donors (Lipinski definition) is 1. The molecule has 1 aliphatic rings. The molecule has 1 amide bonds. The van der Waals surface area contributed by atoms with Gasteiger partial charge in [0.15, 0.2) is 17.9 Å². The molecule has 6 heteroatoms. The second-order valence-electron chi connectivity index (χ2n) is 6.31. The van der Waals surface area contributed by atoms with Gasteiger partial charge in [-0.05, 0) is 25.0 Å². The van der Waals surface area contributed by atoms with Gasteiger partial charge in [-0.15, -0.1) is 0 Å². The fourth-order valence-electron chi connectivity index (χ4n) is 2.76. The maximum atomic E-state index is 12.3. The standard InChI is InChI=1S/C21H21NO5/c23-18(15-6-2-1-3-7-15)14-19(24)16-9-11-17(12-10-16)21(25)22-27-20-8-4-5-13-26-20/h1-3,6-7,9-12,20H,4-5,8,13-14H2,(H,22,25). The molecule has 1 heterocycles. The van der Waals surface area contributed by atoms with Crippen LogP contribution in [0.25, 0.3) is 0 Å². The Hall–Kier alpha value is -2.83. The minimum absolute atomic E-state index is 0.211. The largest absolute Gasteiger partial charge is 0.350 e. The highest BCUT2D eigenvalue weighted by atomic mass is 16.8. The number of nitrogens with one attached hydrogen (secondary N) is 1. The number of ether oxygens (including phenoxy) is 1. The van der Waals surface area contributed by atoms with Crippen molar-refractivity contribution in [3.05, 3.63) is 71.3 Å². The number of carbonyl (C=O) groups is 3. The lowest BCUT2D eigenvalue weighted by atomic mass is 10.0. The molecule has 3 rings (SSSR count). The van der Waals surface area contributed by atoms with Crippen LogP contribution in [0, 0.1) is 0 Å². The molecule has 27 heavy (non-hydrogen) atoms. The third-order valence-corrected chi connectivity index (χ3v) is 4.31. The van der Waals surface area contributed by atoms with Crippen LogP contribution in [0.3, 0.4) is 0 Å². The molecular weight excluding hydrogens is 346 g/mol. The third kappa shape index (κ3) is 5.32. The molecule has 1 aliphatic heterocycles. The quantitative estimate of drug-likeness (QED) is 0.461. The number of benzene rings is 2. The first-order valence-electron chi connectivity index (χ1n) is 8.92. The summed E-state index contributed by atoms with van der Waals surface area (Å²) in [4.78, 5) is 41.8. The summed E-state index contributed by atoms with van der Waals surface area (Å²) in [5, 5.41) is 0. The summed E-state index contributed by atoms with van der Waals surface area (Å²) < 4.78 is 5.37. The number of hydrogen-bond acceptors (Lipinski definition) is 5. The van der Waals surface area contributed by atoms with E-state index in [1.165, 1.54) is 24.3 Å². The van der Waals surface area contributed by atoms with Gasteiger partial charge in [-0.1, -0.05) is 42.5 Å². The van der Waals surface area contributed by atoms with Crippen molar-refractivity contribution in [3.8, 4) is 0 Å². The lowest BCUT2D eigenvalue weighted by Gasteiger charge is -2.22. The Labute approximate surface area is 157 Å². The number of amides is 1. The van der Waals surface area contributed by atoms with Gasteiger partial charge >= 0.3 is 0 Å². The molecule has 2 aromatic carbocycles. The average Bonchev–Trinajstić information content (AvgIpc) is 2.73. The van der Waals surface area contributed by atoms with E-state index in [2.05, 4.69) is 5.48 Å². The average molecular weight is 367 g/mol. The fourth-order valence-corrected chi connectivity index (χ4v) is 2.76. The molecule has 1 unspecified atom stereocenters. The van der Waals surface area contributed by atoms with Crippen molar-refractivity contribution in [1.82, 2.24) is 5.48 Å². The van der Waals surface area contributed by atoms with Crippen LogP contribution in [0.5, 0.6) is 0 Å². The molecule has 0 radical (unpaired) electrons. The Bertz CT molecular complexity index is 795. The first-order valence-corrected chi connectivity index (χ1v) is 8.92. The Kier molecular flexibility index (Phi) is 6.46. The van der Waals surface area contributed by atoms with Crippen LogP contribution >= 0.6 is 0 Å². The number of carbonyl (C=O) groups excluding carboxylic acids is 3. The molecule has 1 N–H and O–H groups in total. The normalized spacial score (nSPS) is 16.5. The fraction of sp³-hybridized carbons (Fsp3) is 0.286. The molecule has 0 saturated carbocycles. The van der Waals surface area contributed by atoms with Crippen molar-refractivity contribution in [3.63, 3.8) is 0 Å². The summed E-state index contributed by atoms with van der Waals surface area (Å²) in [6.07, 6.45) is 2.10. The molecule has 1 saturated heterocycles. The van der Waals surface area contributed by atoms with Gasteiger partial charge in [0.2, 0.25) is 0 Å². The summed E-state index contributed by atoms with van der Waals surface area (Å²) in [7, 11) is 0. The second-order valence-corrected chi connectivity index (χ2v) is 6.31. The summed E-state index contributed by atoms with van der Waals surface area (Å²) in [6.45, 7) is 0.624. The van der Waals surface area contributed by atoms with Crippen molar-refractivity contribution in [2.45, 2.75) is 32.0 Å². The van der Waals surface area contributed by atoms with Gasteiger partial charge in [0, 0.05) is 29.7 Å². The number of Topliss-reactive ketones (excluding diaryl/α,β-unsaturated/α-hetero) is 2. The minimum atomic E-state index is -0.424. The van der Waals surface area contributed by atoms with Crippen LogP contribution in [0.2, 0.25) is 0 Å². The predicted molar refractivity (Wildman–Crippen MR) is 98.3 cm³/mol. The van der Waals surface area contributed by atoms with Crippen LogP contribution in [0.1, 0.15) is 56.8 Å². The van der Waals surface area contributed by atoms with Crippen LogP contribution in [-0.2, 0) is 9.57 Å². The molecule has 1 atom stereocenters. The second kappa shape index (κ2) is 9.21.